The Balaban J connectivity index is 2.01. The van der Waals surface area contributed by atoms with Gasteiger partial charge in [0.25, 0.3) is 5.91 Å². The largest absolute Gasteiger partial charge is 0.480 e. The average Bonchev–Trinajstić information content (AvgIpc) is 2.82. The number of hydrogen-bond acceptors (Lipinski definition) is 5. The zero-order valence-corrected chi connectivity index (χ0v) is 19.1. The summed E-state index contributed by atoms with van der Waals surface area (Å²) >= 11 is 6.25. The molecular weight excluding hydrogens is 485 g/mol. The van der Waals surface area contributed by atoms with Gasteiger partial charge in [-0.1, -0.05) is 23.7 Å². The van der Waals surface area contributed by atoms with Crippen molar-refractivity contribution in [3.63, 3.8) is 0 Å². The molecule has 1 aromatic heterocycles. The lowest BCUT2D eigenvalue weighted by molar-refractivity contribution is -0.141. The lowest BCUT2D eigenvalue weighted by Gasteiger charge is -2.23. The van der Waals surface area contributed by atoms with Crippen LogP contribution in [0.5, 0.6) is 0 Å². The molecule has 0 saturated heterocycles. The molecule has 0 bridgehead atoms. The van der Waals surface area contributed by atoms with Crippen molar-refractivity contribution >= 4 is 34.9 Å². The van der Waals surface area contributed by atoms with Gasteiger partial charge in [0.15, 0.2) is 0 Å². The molecule has 1 unspecified atom stereocenters. The van der Waals surface area contributed by atoms with Gasteiger partial charge in [-0.05, 0) is 43.3 Å². The van der Waals surface area contributed by atoms with Crippen LogP contribution in [0.3, 0.4) is 0 Å². The van der Waals surface area contributed by atoms with Gasteiger partial charge in [0, 0.05) is 35.0 Å². The number of nitrogens with one attached hydrogen (secondary N) is 1. The molecule has 0 radical (unpaired) electrons. The molecule has 7 nitrogen and oxygen atoms in total. The van der Waals surface area contributed by atoms with Crippen LogP contribution in [0.15, 0.2) is 54.7 Å². The van der Waals surface area contributed by atoms with Crippen molar-refractivity contribution in [3.8, 4) is 17.2 Å². The van der Waals surface area contributed by atoms with Crippen LogP contribution in [0.1, 0.15) is 28.5 Å². The van der Waals surface area contributed by atoms with Gasteiger partial charge in [0.1, 0.15) is 11.7 Å². The number of carboxylic acids is 1. The quantitative estimate of drug-likeness (QED) is 0.464. The molecule has 0 aliphatic heterocycles. The highest BCUT2D eigenvalue weighted by molar-refractivity contribution is 6.33. The van der Waals surface area contributed by atoms with E-state index in [2.05, 4.69) is 10.3 Å². The summed E-state index contributed by atoms with van der Waals surface area (Å²) in [6, 6.07) is 12.2. The molecule has 0 spiro atoms. The predicted octanol–water partition coefficient (Wildman–Crippen LogP) is 5.45. The van der Waals surface area contributed by atoms with Crippen molar-refractivity contribution in [3.05, 3.63) is 76.6 Å². The number of nitrogens with zero attached hydrogens (tertiary/aromatic N) is 3. The first kappa shape index (κ1) is 25.5. The lowest BCUT2D eigenvalue weighted by Crippen LogP contribution is -2.30. The fourth-order valence-corrected chi connectivity index (χ4v) is 3.49. The zero-order chi connectivity index (χ0) is 25.9. The third-order valence-corrected chi connectivity index (χ3v) is 5.46. The Labute approximate surface area is 203 Å². The number of pyridine rings is 1. The molecule has 3 aromatic rings. The number of aliphatic carboxylic acids is 1. The number of benzene rings is 2. The van der Waals surface area contributed by atoms with Crippen LogP contribution in [0.25, 0.3) is 11.1 Å². The third-order valence-electron chi connectivity index (χ3n) is 5.13. The summed E-state index contributed by atoms with van der Waals surface area (Å²) in [5.74, 6) is -1.58. The van der Waals surface area contributed by atoms with E-state index < -0.39 is 29.8 Å². The maximum Gasteiger partial charge on any atom is 0.433 e. The number of nitriles is 1. The smallest absolute Gasteiger partial charge is 0.433 e. The minimum Gasteiger partial charge on any atom is -0.480 e. The maximum absolute atomic E-state index is 13.3. The number of carbonyl (C=O) groups is 2. The highest BCUT2D eigenvalue weighted by Gasteiger charge is 2.33. The van der Waals surface area contributed by atoms with E-state index in [0.29, 0.717) is 17.4 Å². The fraction of sp³-hybridized carbons (Fsp3) is 0.167. The second-order valence-corrected chi connectivity index (χ2v) is 7.91. The Morgan fingerprint density at radius 2 is 1.86 bits per heavy atom. The first-order valence-corrected chi connectivity index (χ1v) is 10.5. The molecule has 180 valence electrons. The van der Waals surface area contributed by atoms with E-state index in [1.54, 1.807) is 30.3 Å². The number of alkyl halides is 3. The molecule has 1 heterocycles. The van der Waals surface area contributed by atoms with Crippen LogP contribution < -0.4 is 10.2 Å². The Hall–Kier alpha value is -4.10. The Morgan fingerprint density at radius 3 is 2.49 bits per heavy atom. The summed E-state index contributed by atoms with van der Waals surface area (Å²) in [5.41, 5.74) is -0.376. The summed E-state index contributed by atoms with van der Waals surface area (Å²) < 4.78 is 39.0. The van der Waals surface area contributed by atoms with Crippen molar-refractivity contribution < 1.29 is 27.9 Å². The molecule has 35 heavy (non-hydrogen) atoms. The third kappa shape index (κ3) is 5.53. The number of amides is 1. The van der Waals surface area contributed by atoms with Gasteiger partial charge in [-0.2, -0.15) is 18.4 Å². The standard InChI is InChI=1S/C24H18ClF3N4O3/c1-13(23(34)35)31-19-5-3-4-6-20(19)32(2)22(33)14-7-8-18(25)16(9-14)17-12-30-21(24(26,27)28)10-15(17)11-29/h3-10,12-13,31H,1-2H3,(H,34,35). The Kier molecular flexibility index (Phi) is 7.31. The number of carboxylic acid groups (broad SMARTS) is 1. The minimum atomic E-state index is -4.73. The number of hydrogen-bond donors (Lipinski definition) is 2. The molecule has 3 rings (SSSR count). The molecule has 0 aliphatic rings. The summed E-state index contributed by atoms with van der Waals surface area (Å²) in [4.78, 5) is 29.2. The van der Waals surface area contributed by atoms with Crippen LogP contribution in [-0.4, -0.2) is 35.1 Å². The van der Waals surface area contributed by atoms with Gasteiger partial charge >= 0.3 is 12.1 Å². The average molecular weight is 503 g/mol. The summed E-state index contributed by atoms with van der Waals surface area (Å²) in [7, 11) is 1.49. The van der Waals surface area contributed by atoms with Crippen molar-refractivity contribution in [1.29, 1.82) is 5.26 Å². The maximum atomic E-state index is 13.3. The van der Waals surface area contributed by atoms with E-state index in [9.17, 15) is 33.1 Å². The van der Waals surface area contributed by atoms with E-state index in [1.165, 1.54) is 37.1 Å². The van der Waals surface area contributed by atoms with Gasteiger partial charge in [-0.25, -0.2) is 0 Å². The molecule has 0 fully saturated rings. The highest BCUT2D eigenvalue weighted by Crippen LogP contribution is 2.35. The van der Waals surface area contributed by atoms with Gasteiger partial charge in [-0.3, -0.25) is 14.6 Å². The highest BCUT2D eigenvalue weighted by atomic mass is 35.5. The van der Waals surface area contributed by atoms with Crippen LogP contribution >= 0.6 is 11.6 Å². The van der Waals surface area contributed by atoms with E-state index in [-0.39, 0.29) is 27.3 Å². The molecule has 0 aliphatic carbocycles. The Morgan fingerprint density at radius 1 is 1.17 bits per heavy atom. The SMILES string of the molecule is CC(Nc1ccccc1N(C)C(=O)c1ccc(Cl)c(-c2cnc(C(F)(F)F)cc2C#N)c1)C(=O)O. The second kappa shape index (κ2) is 10.0. The lowest BCUT2D eigenvalue weighted by atomic mass is 9.99. The van der Waals surface area contributed by atoms with Crippen LogP contribution in [0.4, 0.5) is 24.5 Å². The van der Waals surface area contributed by atoms with E-state index in [0.717, 1.165) is 6.20 Å². The number of rotatable bonds is 6. The topological polar surface area (TPSA) is 106 Å². The van der Waals surface area contributed by atoms with Crippen LogP contribution in [-0.2, 0) is 11.0 Å². The van der Waals surface area contributed by atoms with Crippen molar-refractivity contribution in [2.24, 2.45) is 0 Å². The minimum absolute atomic E-state index is 0.0418. The molecule has 1 atom stereocenters. The van der Waals surface area contributed by atoms with Crippen molar-refractivity contribution in [2.45, 2.75) is 19.1 Å². The number of anilines is 2. The normalized spacial score (nSPS) is 11.9. The van der Waals surface area contributed by atoms with Crippen LogP contribution in [0.2, 0.25) is 5.02 Å². The van der Waals surface area contributed by atoms with Gasteiger partial charge in [0.2, 0.25) is 0 Å². The van der Waals surface area contributed by atoms with Crippen molar-refractivity contribution in [1.82, 2.24) is 4.98 Å². The molecular formula is C24H18ClF3N4O3. The Bertz CT molecular complexity index is 1340. The van der Waals surface area contributed by atoms with E-state index in [1.807, 2.05) is 0 Å². The zero-order valence-electron chi connectivity index (χ0n) is 18.4. The van der Waals surface area contributed by atoms with Crippen molar-refractivity contribution in [2.75, 3.05) is 17.3 Å². The number of halogens is 4. The number of aromatic nitrogens is 1. The van der Waals surface area contributed by atoms with Gasteiger partial charge < -0.3 is 15.3 Å². The molecule has 2 aromatic carbocycles. The monoisotopic (exact) mass is 502 g/mol. The molecule has 2 N–H and O–H groups in total. The summed E-state index contributed by atoms with van der Waals surface area (Å²) in [5, 5.41) is 21.5. The first-order chi connectivity index (χ1) is 16.4. The molecule has 1 amide bonds. The van der Waals surface area contributed by atoms with Crippen LogP contribution in [0, 0.1) is 11.3 Å². The fourth-order valence-electron chi connectivity index (χ4n) is 3.27. The summed E-state index contributed by atoms with van der Waals surface area (Å²) in [6.07, 6.45) is -3.83. The van der Waals surface area contributed by atoms with E-state index in [4.69, 9.17) is 11.6 Å². The summed E-state index contributed by atoms with van der Waals surface area (Å²) in [6.45, 7) is 1.46. The molecule has 0 saturated carbocycles. The number of carbonyl (C=O) groups excluding carboxylic acids is 1. The second-order valence-electron chi connectivity index (χ2n) is 7.50. The molecule has 11 heteroatoms. The van der Waals surface area contributed by atoms with Gasteiger partial charge in [0.05, 0.1) is 23.0 Å². The van der Waals surface area contributed by atoms with Gasteiger partial charge in [-0.15, -0.1) is 0 Å². The first-order valence-electron chi connectivity index (χ1n) is 10.1. The predicted molar refractivity (Wildman–Crippen MR) is 124 cm³/mol. The van der Waals surface area contributed by atoms with E-state index >= 15 is 0 Å². The number of para-hydroxylation sites is 2.